The average Bonchev–Trinajstić information content (AvgIpc) is 2.34. The first-order valence-corrected chi connectivity index (χ1v) is 6.61. The molecule has 1 rings (SSSR count). The van der Waals surface area contributed by atoms with Crippen LogP contribution < -0.4 is 15.8 Å². The van der Waals surface area contributed by atoms with Crippen molar-refractivity contribution in [1.29, 1.82) is 0 Å². The molecule has 3 N–H and O–H groups in total. The number of nitrogens with one attached hydrogen (secondary N) is 1. The summed E-state index contributed by atoms with van der Waals surface area (Å²) in [4.78, 5) is 14.3. The molecule has 112 valence electrons. The second-order valence-corrected chi connectivity index (χ2v) is 6.04. The topological polar surface area (TPSA) is 67.6 Å². The summed E-state index contributed by atoms with van der Waals surface area (Å²) >= 11 is 0. The van der Waals surface area contributed by atoms with E-state index in [1.54, 1.807) is 18.2 Å². The van der Waals surface area contributed by atoms with Gasteiger partial charge in [-0.3, -0.25) is 4.79 Å². The van der Waals surface area contributed by atoms with Gasteiger partial charge in [-0.05, 0) is 31.6 Å². The molecule has 0 saturated carbocycles. The van der Waals surface area contributed by atoms with Crippen LogP contribution in [0.1, 0.15) is 24.2 Å². The summed E-state index contributed by atoms with van der Waals surface area (Å²) < 4.78 is 5.19. The molecule has 1 aromatic carbocycles. The molecule has 0 aliphatic heterocycles. The van der Waals surface area contributed by atoms with Crippen LogP contribution in [0.3, 0.4) is 0 Å². The molecule has 0 radical (unpaired) electrons. The summed E-state index contributed by atoms with van der Waals surface area (Å²) in [5, 5.41) is 2.95. The first-order chi connectivity index (χ1) is 9.25. The predicted molar refractivity (Wildman–Crippen MR) is 82.1 cm³/mol. The lowest BCUT2D eigenvalue weighted by molar-refractivity contribution is 0.0926. The molecule has 0 spiro atoms. The molecule has 1 amide bonds. The Hall–Kier alpha value is -1.75. The van der Waals surface area contributed by atoms with Crippen LogP contribution in [0.25, 0.3) is 0 Å². The van der Waals surface area contributed by atoms with Crippen LogP contribution in [-0.2, 0) is 0 Å². The van der Waals surface area contributed by atoms with Crippen LogP contribution in [-0.4, -0.2) is 45.1 Å². The zero-order valence-electron chi connectivity index (χ0n) is 13.0. The number of methoxy groups -OCH3 is 1. The van der Waals surface area contributed by atoms with Crippen LogP contribution in [0.5, 0.6) is 5.75 Å². The molecule has 5 nitrogen and oxygen atoms in total. The molecule has 0 atom stereocenters. The van der Waals surface area contributed by atoms with Gasteiger partial charge >= 0.3 is 0 Å². The summed E-state index contributed by atoms with van der Waals surface area (Å²) in [5.41, 5.74) is 6.76. The molecule has 0 fully saturated rings. The zero-order valence-corrected chi connectivity index (χ0v) is 13.0. The van der Waals surface area contributed by atoms with Crippen molar-refractivity contribution in [3.63, 3.8) is 0 Å². The van der Waals surface area contributed by atoms with Crippen molar-refractivity contribution >= 4 is 11.6 Å². The lowest BCUT2D eigenvalue weighted by Crippen LogP contribution is -2.40. The molecular weight excluding hydrogens is 254 g/mol. The van der Waals surface area contributed by atoms with E-state index in [0.29, 0.717) is 23.5 Å². The maximum absolute atomic E-state index is 12.2. The summed E-state index contributed by atoms with van der Waals surface area (Å²) in [7, 11) is 5.57. The third-order valence-electron chi connectivity index (χ3n) is 2.94. The molecule has 1 aromatic rings. The standard InChI is InChI=1S/C15H25N3O2/c1-15(2,10-18(3)4)9-17-14(19)12-7-6-11(16)8-13(12)20-5/h6-8H,9-10,16H2,1-5H3,(H,17,19). The van der Waals surface area contributed by atoms with Crippen molar-refractivity contribution in [3.8, 4) is 5.75 Å². The Kier molecular flexibility index (Phi) is 5.39. The third kappa shape index (κ3) is 4.74. The lowest BCUT2D eigenvalue weighted by Gasteiger charge is -2.28. The van der Waals surface area contributed by atoms with Crippen molar-refractivity contribution in [2.45, 2.75) is 13.8 Å². The van der Waals surface area contributed by atoms with Gasteiger partial charge in [0.2, 0.25) is 0 Å². The van der Waals surface area contributed by atoms with Crippen molar-refractivity contribution in [2.24, 2.45) is 5.41 Å². The normalized spacial score (nSPS) is 11.5. The summed E-state index contributed by atoms with van der Waals surface area (Å²) in [5.74, 6) is 0.349. The van der Waals surface area contributed by atoms with Gasteiger partial charge in [0.25, 0.3) is 5.91 Å². The van der Waals surface area contributed by atoms with Crippen LogP contribution in [0.4, 0.5) is 5.69 Å². The van der Waals surface area contributed by atoms with Crippen LogP contribution in [0, 0.1) is 5.41 Å². The first-order valence-electron chi connectivity index (χ1n) is 6.61. The van der Waals surface area contributed by atoms with E-state index in [4.69, 9.17) is 10.5 Å². The van der Waals surface area contributed by atoms with Gasteiger partial charge in [0.05, 0.1) is 12.7 Å². The number of anilines is 1. The summed E-state index contributed by atoms with van der Waals surface area (Å²) in [6, 6.07) is 5.03. The van der Waals surface area contributed by atoms with Crippen LogP contribution in [0.15, 0.2) is 18.2 Å². The van der Waals surface area contributed by atoms with Crippen molar-refractivity contribution < 1.29 is 9.53 Å². The minimum atomic E-state index is -0.145. The first kappa shape index (κ1) is 16.3. The average molecular weight is 279 g/mol. The number of hydrogen-bond acceptors (Lipinski definition) is 4. The lowest BCUT2D eigenvalue weighted by atomic mass is 9.93. The maximum Gasteiger partial charge on any atom is 0.255 e. The summed E-state index contributed by atoms with van der Waals surface area (Å²) in [6.07, 6.45) is 0. The van der Waals surface area contributed by atoms with Crippen LogP contribution in [0.2, 0.25) is 0 Å². The van der Waals surface area contributed by atoms with E-state index in [2.05, 4.69) is 24.1 Å². The molecule has 20 heavy (non-hydrogen) atoms. The highest BCUT2D eigenvalue weighted by Gasteiger charge is 2.21. The Bertz CT molecular complexity index is 470. The van der Waals surface area contributed by atoms with Gasteiger partial charge < -0.3 is 20.7 Å². The highest BCUT2D eigenvalue weighted by Crippen LogP contribution is 2.22. The number of nitrogen functional groups attached to an aromatic ring is 1. The number of rotatable bonds is 6. The zero-order chi connectivity index (χ0) is 15.3. The van der Waals surface area contributed by atoms with Gasteiger partial charge in [-0.25, -0.2) is 0 Å². The van der Waals surface area contributed by atoms with Gasteiger partial charge in [-0.2, -0.15) is 0 Å². The van der Waals surface area contributed by atoms with Gasteiger partial charge in [-0.1, -0.05) is 13.8 Å². The van der Waals surface area contributed by atoms with Gasteiger partial charge in [0.1, 0.15) is 5.75 Å². The fraction of sp³-hybridized carbons (Fsp3) is 0.533. The molecule has 5 heteroatoms. The Balaban J connectivity index is 2.72. The second-order valence-electron chi connectivity index (χ2n) is 6.04. The number of amides is 1. The smallest absolute Gasteiger partial charge is 0.255 e. The minimum absolute atomic E-state index is 0.000202. The van der Waals surface area contributed by atoms with E-state index in [0.717, 1.165) is 6.54 Å². The van der Waals surface area contributed by atoms with Crippen LogP contribution >= 0.6 is 0 Å². The molecule has 0 bridgehead atoms. The molecular formula is C15H25N3O2. The van der Waals surface area contributed by atoms with E-state index in [9.17, 15) is 4.79 Å². The van der Waals surface area contributed by atoms with Gasteiger partial charge in [0.15, 0.2) is 0 Å². The van der Waals surface area contributed by atoms with Crippen molar-refractivity contribution in [1.82, 2.24) is 10.2 Å². The highest BCUT2D eigenvalue weighted by atomic mass is 16.5. The maximum atomic E-state index is 12.2. The van der Waals surface area contributed by atoms with Gasteiger partial charge in [0, 0.05) is 24.8 Å². The molecule has 0 aliphatic rings. The summed E-state index contributed by atoms with van der Waals surface area (Å²) in [6.45, 7) is 5.73. The number of hydrogen-bond donors (Lipinski definition) is 2. The van der Waals surface area contributed by atoms with Crippen molar-refractivity contribution in [3.05, 3.63) is 23.8 Å². The van der Waals surface area contributed by atoms with E-state index < -0.39 is 0 Å². The highest BCUT2D eigenvalue weighted by molar-refractivity contribution is 5.97. The molecule has 0 saturated heterocycles. The van der Waals surface area contributed by atoms with E-state index in [-0.39, 0.29) is 11.3 Å². The number of carbonyl (C=O) groups is 1. The number of nitrogens with zero attached hydrogens (tertiary/aromatic N) is 1. The monoisotopic (exact) mass is 279 g/mol. The molecule has 0 unspecified atom stereocenters. The Morgan fingerprint density at radius 3 is 2.60 bits per heavy atom. The molecule has 0 aliphatic carbocycles. The van der Waals surface area contributed by atoms with E-state index >= 15 is 0 Å². The predicted octanol–water partition coefficient (Wildman–Crippen LogP) is 1.59. The van der Waals surface area contributed by atoms with E-state index in [1.165, 1.54) is 7.11 Å². The van der Waals surface area contributed by atoms with Crippen molar-refractivity contribution in [2.75, 3.05) is 40.0 Å². The Labute approximate surface area is 121 Å². The largest absolute Gasteiger partial charge is 0.496 e. The number of benzene rings is 1. The molecule has 0 heterocycles. The van der Waals surface area contributed by atoms with E-state index in [1.807, 2.05) is 14.1 Å². The van der Waals surface area contributed by atoms with Gasteiger partial charge in [-0.15, -0.1) is 0 Å². The fourth-order valence-electron chi connectivity index (χ4n) is 2.22. The number of carbonyl (C=O) groups excluding carboxylic acids is 1. The Morgan fingerprint density at radius 1 is 1.40 bits per heavy atom. The second kappa shape index (κ2) is 6.61. The third-order valence-corrected chi connectivity index (χ3v) is 2.94. The fourth-order valence-corrected chi connectivity index (χ4v) is 2.22. The SMILES string of the molecule is COc1cc(N)ccc1C(=O)NCC(C)(C)CN(C)C. The molecule has 0 aromatic heterocycles. The Morgan fingerprint density at radius 2 is 2.05 bits per heavy atom. The quantitative estimate of drug-likeness (QED) is 0.776. The number of ether oxygens (including phenoxy) is 1. The number of nitrogens with two attached hydrogens (primary N) is 1. The minimum Gasteiger partial charge on any atom is -0.496 e.